The number of hydrogen-bond acceptors (Lipinski definition) is 3. The van der Waals surface area contributed by atoms with Crippen LogP contribution in [0.5, 0.6) is 0 Å². The number of aromatic nitrogens is 2. The molecule has 178 valence electrons. The van der Waals surface area contributed by atoms with Gasteiger partial charge in [-0.3, -0.25) is 9.47 Å². The Balaban J connectivity index is 1.37. The second-order valence-electron chi connectivity index (χ2n) is 8.48. The van der Waals surface area contributed by atoms with Crippen molar-refractivity contribution in [3.63, 3.8) is 0 Å². The van der Waals surface area contributed by atoms with Crippen molar-refractivity contribution in [2.75, 3.05) is 13.1 Å². The number of carbonyl (C=O) groups excluding carboxylic acids is 1. The van der Waals surface area contributed by atoms with Crippen molar-refractivity contribution in [2.45, 2.75) is 19.5 Å². The second-order valence-corrected chi connectivity index (χ2v) is 9.27. The number of halogens is 3. The van der Waals surface area contributed by atoms with Gasteiger partial charge in [0.05, 0.1) is 10.5 Å². The Morgan fingerprint density at radius 3 is 2.77 bits per heavy atom. The largest absolute Gasteiger partial charge is 0.333 e. The van der Waals surface area contributed by atoms with Crippen LogP contribution in [0.4, 0.5) is 9.18 Å². The molecule has 0 saturated heterocycles. The van der Waals surface area contributed by atoms with Gasteiger partial charge in [0.1, 0.15) is 11.0 Å². The normalized spacial score (nSPS) is 13.9. The average molecular weight is 509 g/mol. The van der Waals surface area contributed by atoms with E-state index in [0.29, 0.717) is 23.3 Å². The zero-order valence-electron chi connectivity index (χ0n) is 18.8. The van der Waals surface area contributed by atoms with Crippen molar-refractivity contribution in [1.82, 2.24) is 19.8 Å². The van der Waals surface area contributed by atoms with Gasteiger partial charge in [-0.1, -0.05) is 53.6 Å². The highest BCUT2D eigenvalue weighted by atomic mass is 35.5. The van der Waals surface area contributed by atoms with Crippen molar-refractivity contribution >= 4 is 46.2 Å². The van der Waals surface area contributed by atoms with E-state index in [1.165, 1.54) is 12.1 Å². The minimum absolute atomic E-state index is 0.198. The van der Waals surface area contributed by atoms with Crippen molar-refractivity contribution in [3.8, 4) is 0 Å². The van der Waals surface area contributed by atoms with Gasteiger partial charge in [-0.05, 0) is 53.1 Å². The molecule has 1 amide bonds. The van der Waals surface area contributed by atoms with E-state index in [1.54, 1.807) is 29.0 Å². The molecule has 0 atom stereocenters. The van der Waals surface area contributed by atoms with E-state index in [1.807, 2.05) is 30.3 Å². The number of nitrogens with one attached hydrogen (secondary N) is 1. The molecular weight excluding hydrogens is 486 g/mol. The van der Waals surface area contributed by atoms with Crippen LogP contribution in [0.1, 0.15) is 22.4 Å². The summed E-state index contributed by atoms with van der Waals surface area (Å²) in [6.07, 6.45) is 6.41. The minimum atomic E-state index is -0.243. The van der Waals surface area contributed by atoms with Gasteiger partial charge >= 0.3 is 6.03 Å². The molecule has 0 unspecified atom stereocenters. The lowest BCUT2D eigenvalue weighted by Crippen LogP contribution is -2.34. The van der Waals surface area contributed by atoms with Crippen LogP contribution >= 0.6 is 23.2 Å². The molecule has 0 saturated carbocycles. The molecule has 5 rings (SSSR count). The third-order valence-electron chi connectivity index (χ3n) is 6.18. The van der Waals surface area contributed by atoms with Crippen LogP contribution in [-0.4, -0.2) is 33.6 Å². The molecule has 0 bridgehead atoms. The molecule has 0 fully saturated rings. The molecule has 35 heavy (non-hydrogen) atoms. The lowest BCUT2D eigenvalue weighted by atomic mass is 10.0. The summed E-state index contributed by atoms with van der Waals surface area (Å²) in [5, 5.41) is 4.94. The number of pyridine rings is 1. The van der Waals surface area contributed by atoms with Crippen LogP contribution in [0.15, 0.2) is 66.9 Å². The fourth-order valence-corrected chi connectivity index (χ4v) is 5.01. The van der Waals surface area contributed by atoms with E-state index in [0.717, 1.165) is 52.8 Å². The Hall–Kier alpha value is -3.19. The summed E-state index contributed by atoms with van der Waals surface area (Å²) in [6.45, 7) is 2.57. The molecule has 4 aromatic rings. The van der Waals surface area contributed by atoms with Crippen molar-refractivity contribution in [3.05, 3.63) is 105 Å². The van der Waals surface area contributed by atoms with Crippen molar-refractivity contribution in [1.29, 1.82) is 0 Å². The van der Waals surface area contributed by atoms with Gasteiger partial charge in [0.25, 0.3) is 0 Å². The molecule has 0 radical (unpaired) electrons. The molecule has 5 nitrogen and oxygen atoms in total. The Kier molecular flexibility index (Phi) is 6.86. The van der Waals surface area contributed by atoms with Gasteiger partial charge in [0.15, 0.2) is 0 Å². The first-order valence-corrected chi connectivity index (χ1v) is 12.1. The number of carbonyl (C=O) groups is 1. The standard InChI is InChI=1S/C27H23Cl2FN4O/c28-22-4-1-5-24-26(22)21-17-33(13-2-3-18-6-8-20(30)9-7-18)14-11-23(21)34(24)27(35)32-16-19-10-12-31-25(29)15-19/h1-10,12,15H,11,13-14,16-17H2,(H,32,35)/b3-2+. The third kappa shape index (κ3) is 5.10. The summed E-state index contributed by atoms with van der Waals surface area (Å²) in [5.74, 6) is -0.243. The fraction of sp³-hybridized carbons (Fsp3) is 0.185. The minimum Gasteiger partial charge on any atom is -0.333 e. The van der Waals surface area contributed by atoms with Gasteiger partial charge in [-0.25, -0.2) is 14.2 Å². The second kappa shape index (κ2) is 10.2. The summed E-state index contributed by atoms with van der Waals surface area (Å²) < 4.78 is 14.9. The van der Waals surface area contributed by atoms with Gasteiger partial charge < -0.3 is 5.32 Å². The molecule has 2 aromatic heterocycles. The van der Waals surface area contributed by atoms with Crippen LogP contribution in [0.3, 0.4) is 0 Å². The third-order valence-corrected chi connectivity index (χ3v) is 6.70. The Bertz CT molecular complexity index is 1410. The number of benzene rings is 2. The molecule has 0 spiro atoms. The quantitative estimate of drug-likeness (QED) is 0.321. The monoisotopic (exact) mass is 508 g/mol. The summed E-state index contributed by atoms with van der Waals surface area (Å²) in [6, 6.07) is 15.4. The number of fused-ring (bicyclic) bond motifs is 3. The lowest BCUT2D eigenvalue weighted by Gasteiger charge is -2.27. The van der Waals surface area contributed by atoms with Crippen molar-refractivity contribution in [2.24, 2.45) is 0 Å². The van der Waals surface area contributed by atoms with E-state index in [9.17, 15) is 9.18 Å². The zero-order chi connectivity index (χ0) is 24.4. The van der Waals surface area contributed by atoms with E-state index in [4.69, 9.17) is 23.2 Å². The predicted octanol–water partition coefficient (Wildman–Crippen LogP) is 6.31. The van der Waals surface area contributed by atoms with Gasteiger partial charge in [-0.2, -0.15) is 0 Å². The molecule has 2 aromatic carbocycles. The van der Waals surface area contributed by atoms with Crippen molar-refractivity contribution < 1.29 is 9.18 Å². The maximum absolute atomic E-state index is 13.3. The topological polar surface area (TPSA) is 50.2 Å². The number of amides is 1. The first-order chi connectivity index (χ1) is 17.0. The fourth-order valence-electron chi connectivity index (χ4n) is 4.53. The van der Waals surface area contributed by atoms with Gasteiger partial charge in [-0.15, -0.1) is 0 Å². The Morgan fingerprint density at radius 2 is 1.97 bits per heavy atom. The van der Waals surface area contributed by atoms with Gasteiger partial charge in [0, 0.05) is 49.9 Å². The summed E-state index contributed by atoms with van der Waals surface area (Å²) in [4.78, 5) is 19.6. The van der Waals surface area contributed by atoms with Crippen LogP contribution in [0.25, 0.3) is 17.0 Å². The zero-order valence-corrected chi connectivity index (χ0v) is 20.4. The highest BCUT2D eigenvalue weighted by Gasteiger charge is 2.27. The smallest absolute Gasteiger partial charge is 0.326 e. The number of rotatable bonds is 5. The number of nitrogens with zero attached hydrogens (tertiary/aromatic N) is 3. The maximum atomic E-state index is 13.3. The first-order valence-electron chi connectivity index (χ1n) is 11.3. The van der Waals surface area contributed by atoms with Gasteiger partial charge in [0.2, 0.25) is 0 Å². The van der Waals surface area contributed by atoms with Crippen LogP contribution < -0.4 is 5.32 Å². The first kappa shape index (κ1) is 23.5. The Morgan fingerprint density at radius 1 is 1.14 bits per heavy atom. The van der Waals surface area contributed by atoms with Crippen LogP contribution in [0, 0.1) is 5.82 Å². The SMILES string of the molecule is O=C(NCc1ccnc(Cl)c1)n1c2c(c3c(Cl)cccc31)CN(C/C=C/c1ccc(F)cc1)CC2. The summed E-state index contributed by atoms with van der Waals surface area (Å²) in [7, 11) is 0. The van der Waals surface area contributed by atoms with Crippen LogP contribution in [-0.2, 0) is 19.5 Å². The molecule has 1 N–H and O–H groups in total. The molecular formula is C27H23Cl2FN4O. The lowest BCUT2D eigenvalue weighted by molar-refractivity contribution is 0.240. The highest BCUT2D eigenvalue weighted by molar-refractivity contribution is 6.36. The molecule has 1 aliphatic rings. The van der Waals surface area contributed by atoms with E-state index < -0.39 is 0 Å². The predicted molar refractivity (Wildman–Crippen MR) is 138 cm³/mol. The summed E-state index contributed by atoms with van der Waals surface area (Å²) in [5.41, 5.74) is 4.69. The van der Waals surface area contributed by atoms with E-state index in [2.05, 4.69) is 21.3 Å². The number of hydrogen-bond donors (Lipinski definition) is 1. The molecule has 0 aliphatic carbocycles. The molecule has 1 aliphatic heterocycles. The summed E-state index contributed by atoms with van der Waals surface area (Å²) >= 11 is 12.6. The van der Waals surface area contributed by atoms with Crippen LogP contribution in [0.2, 0.25) is 10.2 Å². The molecule has 8 heteroatoms. The maximum Gasteiger partial charge on any atom is 0.326 e. The highest BCUT2D eigenvalue weighted by Crippen LogP contribution is 2.35. The average Bonchev–Trinajstić information content (AvgIpc) is 3.19. The van der Waals surface area contributed by atoms with E-state index in [-0.39, 0.29) is 11.8 Å². The Labute approximate surface area is 212 Å². The van der Waals surface area contributed by atoms with E-state index >= 15 is 0 Å². The molecule has 3 heterocycles.